The fraction of sp³-hybridized carbons (Fsp3) is 0.611. The number of piperidine rings is 1. The summed E-state index contributed by atoms with van der Waals surface area (Å²) < 4.78 is 42.3. The van der Waals surface area contributed by atoms with Gasteiger partial charge in [-0.15, -0.1) is 0 Å². The zero-order chi connectivity index (χ0) is 19.8. The fourth-order valence-electron chi connectivity index (χ4n) is 4.28. The molecule has 2 saturated heterocycles. The van der Waals surface area contributed by atoms with Crippen molar-refractivity contribution in [2.45, 2.75) is 42.6 Å². The van der Waals surface area contributed by atoms with Crippen LogP contribution in [0.4, 0.5) is 0 Å². The van der Waals surface area contributed by atoms with E-state index in [1.807, 2.05) is 0 Å². The van der Waals surface area contributed by atoms with E-state index in [1.54, 1.807) is 25.2 Å². The number of carbonyl (C=O) groups is 1. The molecule has 8 nitrogen and oxygen atoms in total. The van der Waals surface area contributed by atoms with Gasteiger partial charge in [0.05, 0.1) is 17.3 Å². The average Bonchev–Trinajstić information content (AvgIpc) is 3.17. The smallest absolute Gasteiger partial charge is 0.245 e. The van der Waals surface area contributed by atoms with Gasteiger partial charge in [-0.1, -0.05) is 6.07 Å². The van der Waals surface area contributed by atoms with Crippen molar-refractivity contribution in [3.8, 4) is 0 Å². The van der Waals surface area contributed by atoms with Gasteiger partial charge in [0.15, 0.2) is 0 Å². The van der Waals surface area contributed by atoms with E-state index in [2.05, 4.69) is 14.1 Å². The van der Waals surface area contributed by atoms with Crippen LogP contribution >= 0.6 is 11.7 Å². The first-order valence-electron chi connectivity index (χ1n) is 9.49. The van der Waals surface area contributed by atoms with E-state index >= 15 is 0 Å². The summed E-state index contributed by atoms with van der Waals surface area (Å²) in [6, 6.07) is 5.07. The Bertz CT molecular complexity index is 967. The number of hydrogen-bond donors (Lipinski definition) is 1. The molecule has 2 aliphatic heterocycles. The molecule has 1 amide bonds. The number of ether oxygens (including phenoxy) is 1. The molecule has 2 fully saturated rings. The van der Waals surface area contributed by atoms with Crippen molar-refractivity contribution in [1.29, 1.82) is 0 Å². The molecule has 1 aromatic carbocycles. The number of rotatable bonds is 4. The van der Waals surface area contributed by atoms with E-state index < -0.39 is 10.0 Å². The average molecular weight is 425 g/mol. The molecule has 3 heterocycles. The second kappa shape index (κ2) is 7.66. The lowest BCUT2D eigenvalue weighted by molar-refractivity contribution is -0.132. The molecular formula is C18H24N4O4S2. The highest BCUT2D eigenvalue weighted by molar-refractivity contribution is 7.89. The molecule has 0 saturated carbocycles. The van der Waals surface area contributed by atoms with Crippen LogP contribution in [0.2, 0.25) is 0 Å². The molecule has 0 bridgehead atoms. The number of benzene rings is 1. The maximum absolute atomic E-state index is 13.2. The fourth-order valence-corrected chi connectivity index (χ4v) is 6.47. The molecule has 0 radical (unpaired) electrons. The van der Waals surface area contributed by atoms with E-state index in [-0.39, 0.29) is 22.3 Å². The van der Waals surface area contributed by atoms with Crippen LogP contribution in [0.25, 0.3) is 11.0 Å². The van der Waals surface area contributed by atoms with Crippen LogP contribution in [-0.4, -0.2) is 59.7 Å². The lowest BCUT2D eigenvalue weighted by Gasteiger charge is -2.45. The Hall–Kier alpha value is -1.62. The van der Waals surface area contributed by atoms with Gasteiger partial charge < -0.3 is 10.1 Å². The van der Waals surface area contributed by atoms with Gasteiger partial charge in [0.1, 0.15) is 15.9 Å². The number of aromatic nitrogens is 2. The van der Waals surface area contributed by atoms with Crippen LogP contribution in [0.5, 0.6) is 0 Å². The van der Waals surface area contributed by atoms with Gasteiger partial charge in [0, 0.05) is 33.2 Å². The van der Waals surface area contributed by atoms with Crippen LogP contribution in [0.15, 0.2) is 23.1 Å². The van der Waals surface area contributed by atoms with E-state index in [9.17, 15) is 13.2 Å². The summed E-state index contributed by atoms with van der Waals surface area (Å²) in [5, 5.41) is 2.68. The third kappa shape index (κ3) is 3.66. The predicted molar refractivity (Wildman–Crippen MR) is 105 cm³/mol. The summed E-state index contributed by atoms with van der Waals surface area (Å²) in [6.07, 6.45) is 3.46. The van der Waals surface area contributed by atoms with Crippen LogP contribution in [-0.2, 0) is 19.6 Å². The summed E-state index contributed by atoms with van der Waals surface area (Å²) in [5.41, 5.74) is 0.719. The largest absolute Gasteiger partial charge is 0.375 e. The monoisotopic (exact) mass is 424 g/mol. The van der Waals surface area contributed by atoms with Crippen molar-refractivity contribution in [2.75, 3.05) is 26.7 Å². The molecule has 1 aromatic heterocycles. The second-order valence-electron chi connectivity index (χ2n) is 7.56. The molecule has 0 aliphatic carbocycles. The normalized spacial score (nSPS) is 23.1. The molecule has 28 heavy (non-hydrogen) atoms. The SMILES string of the molecule is CNC(=O)CC1CCOC2(CCN(S(=O)(=O)c3cccc4nsnc34)CC2)C1. The quantitative estimate of drug-likeness (QED) is 0.803. The Morgan fingerprint density at radius 1 is 1.36 bits per heavy atom. The van der Waals surface area contributed by atoms with Crippen LogP contribution in [0.1, 0.15) is 32.1 Å². The molecule has 4 rings (SSSR count). The summed E-state index contributed by atoms with van der Waals surface area (Å²) >= 11 is 1.02. The maximum atomic E-state index is 13.2. The molecule has 1 atom stereocenters. The Morgan fingerprint density at radius 3 is 2.89 bits per heavy atom. The highest BCUT2D eigenvalue weighted by Gasteiger charge is 2.43. The van der Waals surface area contributed by atoms with Crippen LogP contribution in [0, 0.1) is 5.92 Å². The predicted octanol–water partition coefficient (Wildman–Crippen LogP) is 1.78. The number of carbonyl (C=O) groups excluding carboxylic acids is 1. The minimum atomic E-state index is -3.63. The van der Waals surface area contributed by atoms with E-state index in [0.717, 1.165) is 24.6 Å². The third-order valence-electron chi connectivity index (χ3n) is 5.85. The molecule has 2 aromatic rings. The van der Waals surface area contributed by atoms with E-state index in [0.29, 0.717) is 50.0 Å². The molecule has 2 aliphatic rings. The molecule has 1 spiro atoms. The Kier molecular flexibility index (Phi) is 5.38. The molecule has 1 N–H and O–H groups in total. The zero-order valence-electron chi connectivity index (χ0n) is 15.8. The van der Waals surface area contributed by atoms with Crippen molar-refractivity contribution >= 4 is 38.7 Å². The zero-order valence-corrected chi connectivity index (χ0v) is 17.4. The highest BCUT2D eigenvalue weighted by atomic mass is 32.2. The molecule has 1 unspecified atom stereocenters. The number of hydrogen-bond acceptors (Lipinski definition) is 7. The van der Waals surface area contributed by atoms with Gasteiger partial charge in [-0.05, 0) is 43.7 Å². The molecule has 10 heteroatoms. The van der Waals surface area contributed by atoms with Gasteiger partial charge >= 0.3 is 0 Å². The minimum Gasteiger partial charge on any atom is -0.375 e. The summed E-state index contributed by atoms with van der Waals surface area (Å²) in [5.74, 6) is 0.332. The van der Waals surface area contributed by atoms with Gasteiger partial charge in [-0.3, -0.25) is 4.79 Å². The molecule has 152 valence electrons. The molecular weight excluding hydrogens is 400 g/mol. The number of fused-ring (bicyclic) bond motifs is 1. The second-order valence-corrected chi connectivity index (χ2v) is 9.99. The van der Waals surface area contributed by atoms with Crippen molar-refractivity contribution in [3.63, 3.8) is 0 Å². The number of amides is 1. The first-order chi connectivity index (χ1) is 13.4. The first-order valence-corrected chi connectivity index (χ1v) is 11.7. The van der Waals surface area contributed by atoms with Crippen molar-refractivity contribution in [3.05, 3.63) is 18.2 Å². The van der Waals surface area contributed by atoms with E-state index in [1.165, 1.54) is 4.31 Å². The van der Waals surface area contributed by atoms with Crippen LogP contribution in [0.3, 0.4) is 0 Å². The Morgan fingerprint density at radius 2 is 2.14 bits per heavy atom. The lowest BCUT2D eigenvalue weighted by Crippen LogP contribution is -2.51. The topological polar surface area (TPSA) is 101 Å². The Labute approximate surface area is 168 Å². The summed E-state index contributed by atoms with van der Waals surface area (Å²) in [6.45, 7) is 1.43. The maximum Gasteiger partial charge on any atom is 0.245 e. The Balaban J connectivity index is 1.48. The van der Waals surface area contributed by atoms with Crippen molar-refractivity contribution < 1.29 is 17.9 Å². The van der Waals surface area contributed by atoms with Crippen molar-refractivity contribution in [1.82, 2.24) is 18.4 Å². The highest BCUT2D eigenvalue weighted by Crippen LogP contribution is 2.40. The number of sulfonamides is 1. The summed E-state index contributed by atoms with van der Waals surface area (Å²) in [7, 11) is -1.98. The van der Waals surface area contributed by atoms with Gasteiger partial charge in [0.25, 0.3) is 0 Å². The van der Waals surface area contributed by atoms with Crippen LogP contribution < -0.4 is 5.32 Å². The van der Waals surface area contributed by atoms with Gasteiger partial charge in [0.2, 0.25) is 15.9 Å². The number of nitrogens with one attached hydrogen (secondary N) is 1. The minimum absolute atomic E-state index is 0.0482. The number of nitrogens with zero attached hydrogens (tertiary/aromatic N) is 3. The van der Waals surface area contributed by atoms with E-state index in [4.69, 9.17) is 4.74 Å². The summed E-state index contributed by atoms with van der Waals surface area (Å²) in [4.78, 5) is 11.9. The third-order valence-corrected chi connectivity index (χ3v) is 8.32. The van der Waals surface area contributed by atoms with Crippen molar-refractivity contribution in [2.24, 2.45) is 5.92 Å². The standard InChI is InChI=1S/C18H24N4O4S2/c1-19-16(23)11-13-5-10-26-18(12-13)6-8-22(9-7-18)28(24,25)15-4-2-3-14-17(15)21-27-20-14/h2-4,13H,5-12H2,1H3,(H,19,23). The van der Waals surface area contributed by atoms with Gasteiger partial charge in [-0.2, -0.15) is 13.1 Å². The lowest BCUT2D eigenvalue weighted by atomic mass is 9.78. The van der Waals surface area contributed by atoms with Gasteiger partial charge in [-0.25, -0.2) is 8.42 Å². The first kappa shape index (κ1) is 19.7.